The molecule has 0 spiro atoms. The Hall–Kier alpha value is -1.00. The van der Waals surface area contributed by atoms with Crippen molar-refractivity contribution in [1.29, 1.82) is 0 Å². The summed E-state index contributed by atoms with van der Waals surface area (Å²) in [6.45, 7) is 0.185. The molecule has 0 saturated carbocycles. The van der Waals surface area contributed by atoms with Crippen molar-refractivity contribution in [2.24, 2.45) is 5.73 Å². The molecule has 1 atom stereocenters. The van der Waals surface area contributed by atoms with Gasteiger partial charge in [-0.05, 0) is 12.5 Å². The van der Waals surface area contributed by atoms with Crippen LogP contribution in [0.2, 0.25) is 0 Å². The molecule has 1 unspecified atom stereocenters. The van der Waals surface area contributed by atoms with Crippen molar-refractivity contribution in [3.8, 4) is 0 Å². The third-order valence-corrected chi connectivity index (χ3v) is 2.30. The van der Waals surface area contributed by atoms with Crippen LogP contribution in [0.1, 0.15) is 12.5 Å². The number of hydrogen-bond donors (Lipinski definition) is 2. The Labute approximate surface area is 81.4 Å². The summed E-state index contributed by atoms with van der Waals surface area (Å²) in [5.41, 5.74) is 2.86. The number of halogens is 2. The van der Waals surface area contributed by atoms with E-state index in [1.165, 1.54) is 12.1 Å². The first-order valence-corrected chi connectivity index (χ1v) is 4.27. The van der Waals surface area contributed by atoms with E-state index in [1.807, 2.05) is 0 Å². The maximum absolute atomic E-state index is 13.2. The predicted octanol–water partition coefficient (Wildman–Crippen LogP) is 1.49. The van der Waals surface area contributed by atoms with Crippen LogP contribution in [0.25, 0.3) is 0 Å². The van der Waals surface area contributed by atoms with Crippen molar-refractivity contribution >= 4 is 0 Å². The van der Waals surface area contributed by atoms with E-state index in [0.29, 0.717) is 0 Å². The first-order chi connectivity index (χ1) is 6.42. The molecular weight excluding hydrogens is 188 g/mol. The molecule has 0 heterocycles. The second kappa shape index (κ2) is 3.63. The molecule has 0 aromatic heterocycles. The zero-order chi connectivity index (χ0) is 10.8. The largest absolute Gasteiger partial charge is 0.379 e. The summed E-state index contributed by atoms with van der Waals surface area (Å²) in [4.78, 5) is 0. The Bertz CT molecular complexity index is 298. The Morgan fingerprint density at radius 2 is 1.79 bits per heavy atom. The lowest BCUT2D eigenvalue weighted by Gasteiger charge is -2.32. The monoisotopic (exact) mass is 201 g/mol. The van der Waals surface area contributed by atoms with Gasteiger partial charge in [0.05, 0.1) is 6.54 Å². The summed E-state index contributed by atoms with van der Waals surface area (Å²) in [5, 5.41) is 9.68. The first kappa shape index (κ1) is 11.1. The number of benzene rings is 1. The van der Waals surface area contributed by atoms with Gasteiger partial charge >= 0.3 is 0 Å². The van der Waals surface area contributed by atoms with Gasteiger partial charge in [-0.25, -0.2) is 8.78 Å². The molecule has 0 fully saturated rings. The summed E-state index contributed by atoms with van der Waals surface area (Å²) >= 11 is 0. The minimum absolute atomic E-state index is 0.162. The Morgan fingerprint density at radius 1 is 1.29 bits per heavy atom. The summed E-state index contributed by atoms with van der Waals surface area (Å²) in [7, 11) is 0. The fourth-order valence-corrected chi connectivity index (χ4v) is 1.17. The Morgan fingerprint density at radius 3 is 2.21 bits per heavy atom. The molecule has 1 aromatic carbocycles. The van der Waals surface area contributed by atoms with Gasteiger partial charge in [-0.1, -0.05) is 30.3 Å². The Balaban J connectivity index is 3.08. The molecule has 1 aromatic rings. The molecule has 1 rings (SSSR count). The SMILES string of the molecule is CC(O)(c1ccccc1)C(F)(F)CN. The van der Waals surface area contributed by atoms with Crippen molar-refractivity contribution in [3.05, 3.63) is 35.9 Å². The lowest BCUT2D eigenvalue weighted by atomic mass is 9.89. The van der Waals surface area contributed by atoms with Crippen LogP contribution in [0.15, 0.2) is 30.3 Å². The highest BCUT2D eigenvalue weighted by molar-refractivity contribution is 5.24. The highest BCUT2D eigenvalue weighted by atomic mass is 19.3. The maximum Gasteiger partial charge on any atom is 0.291 e. The van der Waals surface area contributed by atoms with Crippen LogP contribution in [0, 0.1) is 0 Å². The van der Waals surface area contributed by atoms with Crippen molar-refractivity contribution < 1.29 is 13.9 Å². The number of hydrogen-bond acceptors (Lipinski definition) is 2. The molecule has 0 aliphatic heterocycles. The quantitative estimate of drug-likeness (QED) is 0.778. The average molecular weight is 201 g/mol. The van der Waals surface area contributed by atoms with E-state index in [1.54, 1.807) is 18.2 Å². The van der Waals surface area contributed by atoms with Crippen LogP contribution in [-0.4, -0.2) is 17.6 Å². The zero-order valence-corrected chi connectivity index (χ0v) is 7.87. The fraction of sp³-hybridized carbons (Fsp3) is 0.400. The second-order valence-electron chi connectivity index (χ2n) is 3.35. The van der Waals surface area contributed by atoms with E-state index in [-0.39, 0.29) is 5.56 Å². The van der Waals surface area contributed by atoms with Gasteiger partial charge in [0, 0.05) is 0 Å². The predicted molar refractivity (Wildman–Crippen MR) is 50.0 cm³/mol. The fourth-order valence-electron chi connectivity index (χ4n) is 1.17. The van der Waals surface area contributed by atoms with Crippen LogP contribution < -0.4 is 5.73 Å². The normalized spacial score (nSPS) is 16.4. The molecule has 3 N–H and O–H groups in total. The topological polar surface area (TPSA) is 46.2 Å². The van der Waals surface area contributed by atoms with Crippen molar-refractivity contribution in [3.63, 3.8) is 0 Å². The lowest BCUT2D eigenvalue weighted by molar-refractivity contribution is -0.170. The Kier molecular flexibility index (Phi) is 2.87. The molecule has 0 bridgehead atoms. The van der Waals surface area contributed by atoms with E-state index in [0.717, 1.165) is 6.92 Å². The number of alkyl halides is 2. The summed E-state index contributed by atoms with van der Waals surface area (Å²) in [5.74, 6) is -3.33. The molecule has 0 amide bonds. The van der Waals surface area contributed by atoms with Crippen LogP contribution in [0.4, 0.5) is 8.78 Å². The smallest absolute Gasteiger partial charge is 0.291 e. The molecule has 0 saturated heterocycles. The van der Waals surface area contributed by atoms with Crippen LogP contribution in [0.5, 0.6) is 0 Å². The molecule has 14 heavy (non-hydrogen) atoms. The molecule has 0 aliphatic rings. The van der Waals surface area contributed by atoms with Crippen LogP contribution >= 0.6 is 0 Å². The van der Waals surface area contributed by atoms with E-state index in [4.69, 9.17) is 5.73 Å². The zero-order valence-electron chi connectivity index (χ0n) is 7.87. The summed E-state index contributed by atoms with van der Waals surface area (Å²) < 4.78 is 26.5. The van der Waals surface area contributed by atoms with Gasteiger partial charge in [0.15, 0.2) is 5.60 Å². The third kappa shape index (κ3) is 1.76. The van der Waals surface area contributed by atoms with Crippen molar-refractivity contribution in [2.45, 2.75) is 18.4 Å². The molecular formula is C10H13F2NO. The molecule has 78 valence electrons. The van der Waals surface area contributed by atoms with Gasteiger partial charge in [0.25, 0.3) is 5.92 Å². The summed E-state index contributed by atoms with van der Waals surface area (Å²) in [6, 6.07) is 7.78. The molecule has 2 nitrogen and oxygen atoms in total. The highest BCUT2D eigenvalue weighted by Gasteiger charge is 2.48. The van der Waals surface area contributed by atoms with Gasteiger partial charge in [0.1, 0.15) is 0 Å². The van der Waals surface area contributed by atoms with Gasteiger partial charge in [0.2, 0.25) is 0 Å². The van der Waals surface area contributed by atoms with Gasteiger partial charge < -0.3 is 10.8 Å². The summed E-state index contributed by atoms with van der Waals surface area (Å²) in [6.07, 6.45) is 0. The average Bonchev–Trinajstić information content (AvgIpc) is 2.19. The molecule has 4 heteroatoms. The number of nitrogens with two attached hydrogens (primary N) is 1. The first-order valence-electron chi connectivity index (χ1n) is 4.27. The molecule has 0 radical (unpaired) electrons. The van der Waals surface area contributed by atoms with E-state index < -0.39 is 18.1 Å². The number of aliphatic hydroxyl groups is 1. The van der Waals surface area contributed by atoms with Crippen molar-refractivity contribution in [1.82, 2.24) is 0 Å². The van der Waals surface area contributed by atoms with E-state index in [2.05, 4.69) is 0 Å². The van der Waals surface area contributed by atoms with Gasteiger partial charge in [-0.15, -0.1) is 0 Å². The van der Waals surface area contributed by atoms with Gasteiger partial charge in [-0.3, -0.25) is 0 Å². The highest BCUT2D eigenvalue weighted by Crippen LogP contribution is 2.36. The standard InChI is InChI=1S/C10H13F2NO/c1-9(14,10(11,12)7-13)8-5-3-2-4-6-8/h2-6,14H,7,13H2,1H3. The maximum atomic E-state index is 13.2. The molecule has 0 aliphatic carbocycles. The van der Waals surface area contributed by atoms with Crippen molar-refractivity contribution in [2.75, 3.05) is 6.54 Å². The second-order valence-corrected chi connectivity index (χ2v) is 3.35. The lowest BCUT2D eigenvalue weighted by Crippen LogP contribution is -2.48. The van der Waals surface area contributed by atoms with Gasteiger partial charge in [-0.2, -0.15) is 0 Å². The minimum atomic E-state index is -3.33. The van der Waals surface area contributed by atoms with Crippen LogP contribution in [-0.2, 0) is 5.60 Å². The van der Waals surface area contributed by atoms with E-state index >= 15 is 0 Å². The third-order valence-electron chi connectivity index (χ3n) is 2.30. The van der Waals surface area contributed by atoms with Crippen LogP contribution in [0.3, 0.4) is 0 Å². The number of rotatable bonds is 3. The van der Waals surface area contributed by atoms with E-state index in [9.17, 15) is 13.9 Å². The minimum Gasteiger partial charge on any atom is -0.379 e.